The minimum absolute atomic E-state index is 0. The SMILES string of the molecule is CCC.F.[NaH].[NaH].[NaH]. The maximum absolute atomic E-state index is 2.12. The van der Waals surface area contributed by atoms with Crippen LogP contribution in [0.2, 0.25) is 0 Å². The van der Waals surface area contributed by atoms with Crippen molar-refractivity contribution in [3.05, 3.63) is 0 Å². The third-order valence-corrected chi connectivity index (χ3v) is 0. The molecule has 0 aliphatic carbocycles. The van der Waals surface area contributed by atoms with Gasteiger partial charge in [-0.25, -0.2) is 0 Å². The Bertz CT molecular complexity index is 10.1. The Morgan fingerprint density at radius 1 is 0.857 bits per heavy atom. The van der Waals surface area contributed by atoms with Crippen LogP contribution in [0.1, 0.15) is 20.3 Å². The van der Waals surface area contributed by atoms with Crippen molar-refractivity contribution in [3.63, 3.8) is 0 Å². The molecular weight excluding hydrogens is 124 g/mol. The zero-order chi connectivity index (χ0) is 2.71. The monoisotopic (exact) mass is 136 g/mol. The van der Waals surface area contributed by atoms with Crippen molar-refractivity contribution in [2.75, 3.05) is 0 Å². The van der Waals surface area contributed by atoms with E-state index in [2.05, 4.69) is 13.8 Å². The molecular formula is C3H12FNa3. The van der Waals surface area contributed by atoms with Gasteiger partial charge in [0.15, 0.2) is 0 Å². The van der Waals surface area contributed by atoms with Crippen LogP contribution in [-0.4, -0.2) is 88.7 Å². The third-order valence-electron chi connectivity index (χ3n) is 0. The van der Waals surface area contributed by atoms with Gasteiger partial charge in [0, 0.05) is 0 Å². The van der Waals surface area contributed by atoms with Crippen molar-refractivity contribution < 1.29 is 4.70 Å². The summed E-state index contributed by atoms with van der Waals surface area (Å²) in [5, 5.41) is 0. The molecule has 0 rings (SSSR count). The molecule has 0 amide bonds. The van der Waals surface area contributed by atoms with Gasteiger partial charge >= 0.3 is 88.7 Å². The summed E-state index contributed by atoms with van der Waals surface area (Å²) in [6.07, 6.45) is 1.25. The third kappa shape index (κ3) is 50.0. The van der Waals surface area contributed by atoms with E-state index in [-0.39, 0.29) is 93.4 Å². The Morgan fingerprint density at radius 3 is 0.857 bits per heavy atom. The van der Waals surface area contributed by atoms with Crippen LogP contribution in [0.3, 0.4) is 0 Å². The molecule has 0 aliphatic rings. The fourth-order valence-corrected chi connectivity index (χ4v) is 0. The molecule has 0 fully saturated rings. The molecule has 0 aromatic carbocycles. The van der Waals surface area contributed by atoms with Crippen LogP contribution in [0.4, 0.5) is 4.70 Å². The Morgan fingerprint density at radius 2 is 0.857 bits per heavy atom. The molecule has 0 spiro atoms. The number of halogens is 1. The summed E-state index contributed by atoms with van der Waals surface area (Å²) in [6, 6.07) is 0. The van der Waals surface area contributed by atoms with Gasteiger partial charge < -0.3 is 0 Å². The van der Waals surface area contributed by atoms with E-state index in [1.54, 1.807) is 0 Å². The van der Waals surface area contributed by atoms with Crippen LogP contribution in [0.15, 0.2) is 0 Å². The Labute approximate surface area is 111 Å². The van der Waals surface area contributed by atoms with Gasteiger partial charge in [-0.05, 0) is 0 Å². The van der Waals surface area contributed by atoms with Gasteiger partial charge in [-0.15, -0.1) is 0 Å². The summed E-state index contributed by atoms with van der Waals surface area (Å²) in [5.74, 6) is 0. The fourth-order valence-electron chi connectivity index (χ4n) is 0. The first-order valence-corrected chi connectivity index (χ1v) is 1.41. The second kappa shape index (κ2) is 36.4. The summed E-state index contributed by atoms with van der Waals surface area (Å²) in [7, 11) is 0. The van der Waals surface area contributed by atoms with E-state index >= 15 is 0 Å². The van der Waals surface area contributed by atoms with Gasteiger partial charge in [-0.1, -0.05) is 20.3 Å². The van der Waals surface area contributed by atoms with Crippen LogP contribution in [0.25, 0.3) is 0 Å². The van der Waals surface area contributed by atoms with Crippen molar-refractivity contribution in [1.29, 1.82) is 0 Å². The van der Waals surface area contributed by atoms with Crippen LogP contribution >= 0.6 is 0 Å². The van der Waals surface area contributed by atoms with E-state index in [0.717, 1.165) is 0 Å². The Kier molecular flexibility index (Phi) is 169. The van der Waals surface area contributed by atoms with Gasteiger partial charge in [0.25, 0.3) is 0 Å². The number of hydrogen-bond acceptors (Lipinski definition) is 0. The first-order valence-electron chi connectivity index (χ1n) is 1.41. The molecule has 0 saturated heterocycles. The Hall–Kier alpha value is 2.93. The van der Waals surface area contributed by atoms with Crippen LogP contribution in [-0.2, 0) is 0 Å². The maximum atomic E-state index is 2.12. The van der Waals surface area contributed by atoms with E-state index < -0.39 is 0 Å². The molecule has 0 N–H and O–H groups in total. The van der Waals surface area contributed by atoms with Crippen molar-refractivity contribution in [1.82, 2.24) is 0 Å². The molecule has 0 saturated carbocycles. The average molecular weight is 136 g/mol. The fraction of sp³-hybridized carbons (Fsp3) is 1.00. The van der Waals surface area contributed by atoms with Gasteiger partial charge in [0.05, 0.1) is 0 Å². The van der Waals surface area contributed by atoms with E-state index in [0.29, 0.717) is 0 Å². The van der Waals surface area contributed by atoms with E-state index in [1.165, 1.54) is 6.42 Å². The zero-order valence-corrected chi connectivity index (χ0v) is 3.12. The molecule has 0 atom stereocenters. The van der Waals surface area contributed by atoms with Crippen molar-refractivity contribution in [2.24, 2.45) is 0 Å². The molecule has 0 unspecified atom stereocenters. The van der Waals surface area contributed by atoms with Crippen molar-refractivity contribution in [2.45, 2.75) is 20.3 Å². The van der Waals surface area contributed by atoms with Crippen LogP contribution in [0, 0.1) is 0 Å². The van der Waals surface area contributed by atoms with Gasteiger partial charge in [0.1, 0.15) is 0 Å². The predicted molar refractivity (Wildman–Crippen MR) is 39.9 cm³/mol. The molecule has 0 bridgehead atoms. The van der Waals surface area contributed by atoms with Gasteiger partial charge in [-0.2, -0.15) is 0 Å². The van der Waals surface area contributed by atoms with Crippen molar-refractivity contribution in [3.8, 4) is 0 Å². The topological polar surface area (TPSA) is 0 Å². The van der Waals surface area contributed by atoms with E-state index in [9.17, 15) is 0 Å². The Balaban J connectivity index is -0.00000000333. The first-order chi connectivity index (χ1) is 1.41. The van der Waals surface area contributed by atoms with Gasteiger partial charge in [-0.3, -0.25) is 4.70 Å². The summed E-state index contributed by atoms with van der Waals surface area (Å²) >= 11 is 0. The molecule has 34 valence electrons. The molecule has 0 nitrogen and oxygen atoms in total. The van der Waals surface area contributed by atoms with E-state index in [1.807, 2.05) is 0 Å². The second-order valence-electron chi connectivity index (χ2n) is 0.707. The summed E-state index contributed by atoms with van der Waals surface area (Å²) in [6.45, 7) is 4.25. The summed E-state index contributed by atoms with van der Waals surface area (Å²) in [4.78, 5) is 0. The van der Waals surface area contributed by atoms with E-state index in [4.69, 9.17) is 0 Å². The number of rotatable bonds is 0. The summed E-state index contributed by atoms with van der Waals surface area (Å²) in [5.41, 5.74) is 0. The average Bonchev–Trinajstić information content (AvgIpc) is 0.918. The standard InChI is InChI=1S/C3H8.FH.3Na.3H/c1-3-2;;;;;;;/h3H2,1-2H3;1H;;;;;;. The molecule has 4 heteroatoms. The molecule has 0 aromatic heterocycles. The molecule has 0 heterocycles. The normalized spacial score (nSPS) is 2.57. The quantitative estimate of drug-likeness (QED) is 0.398. The van der Waals surface area contributed by atoms with Crippen LogP contribution < -0.4 is 0 Å². The molecule has 0 aromatic rings. The second-order valence-corrected chi connectivity index (χ2v) is 0.707. The van der Waals surface area contributed by atoms with Crippen molar-refractivity contribution >= 4 is 88.7 Å². The molecule has 7 heavy (non-hydrogen) atoms. The summed E-state index contributed by atoms with van der Waals surface area (Å²) < 4.78 is 0. The number of hydrogen-bond donors (Lipinski definition) is 0. The minimum atomic E-state index is 0. The zero-order valence-electron chi connectivity index (χ0n) is 3.12. The predicted octanol–water partition coefficient (Wildman–Crippen LogP) is -0.377. The molecule has 0 aliphatic heterocycles. The first kappa shape index (κ1) is 32.6. The van der Waals surface area contributed by atoms with Crippen LogP contribution in [0.5, 0.6) is 0 Å². The van der Waals surface area contributed by atoms with Gasteiger partial charge in [0.2, 0.25) is 0 Å². The molecule has 0 radical (unpaired) electrons.